The van der Waals surface area contributed by atoms with Crippen LogP contribution in [0, 0.1) is 17.2 Å². The van der Waals surface area contributed by atoms with Gasteiger partial charge in [0.2, 0.25) is 11.2 Å². The van der Waals surface area contributed by atoms with Crippen LogP contribution in [0.15, 0.2) is 0 Å². The first kappa shape index (κ1) is 16.4. The minimum atomic E-state index is 0.104. The predicted octanol–water partition coefficient (Wildman–Crippen LogP) is 2.69. The molecule has 0 saturated heterocycles. The minimum absolute atomic E-state index is 0.104. The highest BCUT2D eigenvalue weighted by atomic mass is 35.5. The smallest absolute Gasteiger partial charge is 0.322 e. The zero-order valence-corrected chi connectivity index (χ0v) is 12.9. The van der Waals surface area contributed by atoms with Crippen LogP contribution in [0.1, 0.15) is 33.6 Å². The van der Waals surface area contributed by atoms with Crippen molar-refractivity contribution < 1.29 is 4.74 Å². The summed E-state index contributed by atoms with van der Waals surface area (Å²) in [6, 6.07) is 2.36. The van der Waals surface area contributed by atoms with Gasteiger partial charge in [-0.05, 0) is 23.9 Å². The van der Waals surface area contributed by atoms with Crippen molar-refractivity contribution in [2.75, 3.05) is 24.6 Å². The summed E-state index contributed by atoms with van der Waals surface area (Å²) in [5.74, 6) is 0.879. The van der Waals surface area contributed by atoms with E-state index in [-0.39, 0.29) is 11.3 Å². The maximum atomic E-state index is 8.74. The van der Waals surface area contributed by atoms with E-state index in [4.69, 9.17) is 21.6 Å². The summed E-state index contributed by atoms with van der Waals surface area (Å²) in [4.78, 5) is 14.3. The van der Waals surface area contributed by atoms with Gasteiger partial charge in [0.25, 0.3) is 0 Å². The van der Waals surface area contributed by atoms with Gasteiger partial charge in [-0.2, -0.15) is 20.2 Å². The highest BCUT2D eigenvalue weighted by Gasteiger charge is 2.14. The molecule has 6 nitrogen and oxygen atoms in total. The second-order valence-corrected chi connectivity index (χ2v) is 5.12. The number of hydrogen-bond donors (Lipinski definition) is 0. The number of halogens is 1. The summed E-state index contributed by atoms with van der Waals surface area (Å²) in [6.07, 6.45) is 1.27. The Labute approximate surface area is 124 Å². The van der Waals surface area contributed by atoms with Gasteiger partial charge in [-0.1, -0.05) is 20.8 Å². The molecular weight excluding hydrogens is 278 g/mol. The Hall–Kier alpha value is -1.61. The van der Waals surface area contributed by atoms with E-state index in [1.165, 1.54) is 0 Å². The lowest BCUT2D eigenvalue weighted by Crippen LogP contribution is -2.30. The van der Waals surface area contributed by atoms with Gasteiger partial charge in [0.05, 0.1) is 19.1 Å². The molecule has 110 valence electrons. The van der Waals surface area contributed by atoms with Crippen LogP contribution in [-0.4, -0.2) is 34.6 Å². The van der Waals surface area contributed by atoms with Crippen molar-refractivity contribution in [1.82, 2.24) is 15.0 Å². The van der Waals surface area contributed by atoms with Crippen LogP contribution in [-0.2, 0) is 0 Å². The van der Waals surface area contributed by atoms with Gasteiger partial charge in [-0.3, -0.25) is 0 Å². The Morgan fingerprint density at radius 3 is 2.70 bits per heavy atom. The normalized spacial score (nSPS) is 10.4. The van der Waals surface area contributed by atoms with E-state index in [1.807, 2.05) is 11.8 Å². The van der Waals surface area contributed by atoms with Gasteiger partial charge in [-0.15, -0.1) is 0 Å². The number of anilines is 1. The Bertz CT molecular complexity index is 461. The molecule has 0 aromatic carbocycles. The number of nitriles is 1. The second kappa shape index (κ2) is 8.54. The van der Waals surface area contributed by atoms with E-state index >= 15 is 0 Å². The molecule has 0 aliphatic heterocycles. The monoisotopic (exact) mass is 297 g/mol. The fraction of sp³-hybridized carbons (Fsp3) is 0.692. The molecule has 1 heterocycles. The van der Waals surface area contributed by atoms with Gasteiger partial charge in [0.15, 0.2) is 0 Å². The topological polar surface area (TPSA) is 74.9 Å². The summed E-state index contributed by atoms with van der Waals surface area (Å²) in [5, 5.41) is 8.84. The summed E-state index contributed by atoms with van der Waals surface area (Å²) < 4.78 is 5.40. The minimum Gasteiger partial charge on any atom is -0.463 e. The SMILES string of the molecule is CCCOc1nc(Cl)nc(N(CCC#N)CC(C)C)n1. The average molecular weight is 298 g/mol. The highest BCUT2D eigenvalue weighted by molar-refractivity contribution is 6.28. The van der Waals surface area contributed by atoms with Crippen LogP contribution in [0.3, 0.4) is 0 Å². The Kier molecular flexibility index (Phi) is 7.02. The zero-order valence-electron chi connectivity index (χ0n) is 12.1. The van der Waals surface area contributed by atoms with E-state index in [1.54, 1.807) is 0 Å². The molecule has 0 bridgehead atoms. The van der Waals surface area contributed by atoms with Gasteiger partial charge < -0.3 is 9.64 Å². The molecule has 0 unspecified atom stereocenters. The Morgan fingerprint density at radius 1 is 1.35 bits per heavy atom. The number of rotatable bonds is 8. The van der Waals surface area contributed by atoms with Gasteiger partial charge in [0.1, 0.15) is 0 Å². The van der Waals surface area contributed by atoms with Crippen LogP contribution in [0.2, 0.25) is 5.28 Å². The molecule has 0 radical (unpaired) electrons. The zero-order chi connectivity index (χ0) is 15.0. The van der Waals surface area contributed by atoms with Crippen molar-refractivity contribution in [3.8, 4) is 12.1 Å². The number of nitrogens with zero attached hydrogens (tertiary/aromatic N) is 5. The van der Waals surface area contributed by atoms with Crippen molar-refractivity contribution in [2.24, 2.45) is 5.92 Å². The molecule has 7 heteroatoms. The summed E-state index contributed by atoms with van der Waals surface area (Å²) in [5.41, 5.74) is 0. The first-order valence-corrected chi connectivity index (χ1v) is 7.10. The first-order chi connectivity index (χ1) is 9.56. The van der Waals surface area contributed by atoms with E-state index < -0.39 is 0 Å². The van der Waals surface area contributed by atoms with E-state index in [9.17, 15) is 0 Å². The average Bonchev–Trinajstić information content (AvgIpc) is 2.40. The molecular formula is C13H20ClN5O. The third-order valence-electron chi connectivity index (χ3n) is 2.37. The fourth-order valence-corrected chi connectivity index (χ4v) is 1.77. The predicted molar refractivity (Wildman–Crippen MR) is 77.9 cm³/mol. The third kappa shape index (κ3) is 5.57. The van der Waals surface area contributed by atoms with E-state index in [2.05, 4.69) is 34.9 Å². The van der Waals surface area contributed by atoms with Crippen LogP contribution in [0.25, 0.3) is 0 Å². The van der Waals surface area contributed by atoms with Crippen molar-refractivity contribution in [1.29, 1.82) is 5.26 Å². The van der Waals surface area contributed by atoms with Crippen LogP contribution >= 0.6 is 11.6 Å². The number of hydrogen-bond acceptors (Lipinski definition) is 6. The molecule has 1 rings (SSSR count). The molecule has 0 aliphatic rings. The fourth-order valence-electron chi connectivity index (χ4n) is 1.62. The quantitative estimate of drug-likeness (QED) is 0.734. The number of ether oxygens (including phenoxy) is 1. The van der Waals surface area contributed by atoms with Gasteiger partial charge >= 0.3 is 6.01 Å². The first-order valence-electron chi connectivity index (χ1n) is 6.73. The largest absolute Gasteiger partial charge is 0.463 e. The standard InChI is InChI=1S/C13H20ClN5O/c1-4-8-20-13-17-11(14)16-12(18-13)19(7-5-6-15)9-10(2)3/h10H,4-5,7-9H2,1-3H3. The third-order valence-corrected chi connectivity index (χ3v) is 2.54. The van der Waals surface area contributed by atoms with Crippen LogP contribution in [0.5, 0.6) is 6.01 Å². The number of aromatic nitrogens is 3. The van der Waals surface area contributed by atoms with Crippen molar-refractivity contribution in [3.63, 3.8) is 0 Å². The van der Waals surface area contributed by atoms with Gasteiger partial charge in [0, 0.05) is 13.1 Å². The molecule has 0 amide bonds. The Balaban J connectivity index is 2.93. The summed E-state index contributed by atoms with van der Waals surface area (Å²) in [7, 11) is 0. The lowest BCUT2D eigenvalue weighted by atomic mass is 10.2. The molecule has 20 heavy (non-hydrogen) atoms. The molecule has 1 aromatic heterocycles. The lowest BCUT2D eigenvalue weighted by molar-refractivity contribution is 0.291. The van der Waals surface area contributed by atoms with Crippen molar-refractivity contribution >= 4 is 17.5 Å². The highest BCUT2D eigenvalue weighted by Crippen LogP contribution is 2.17. The second-order valence-electron chi connectivity index (χ2n) is 4.78. The molecule has 0 N–H and O–H groups in total. The van der Waals surface area contributed by atoms with Crippen molar-refractivity contribution in [2.45, 2.75) is 33.6 Å². The summed E-state index contributed by atoms with van der Waals surface area (Å²) >= 11 is 5.91. The Morgan fingerprint density at radius 2 is 2.10 bits per heavy atom. The van der Waals surface area contributed by atoms with Crippen LogP contribution in [0.4, 0.5) is 5.95 Å². The van der Waals surface area contributed by atoms with Crippen molar-refractivity contribution in [3.05, 3.63) is 5.28 Å². The van der Waals surface area contributed by atoms with E-state index in [0.29, 0.717) is 31.4 Å². The molecule has 0 saturated carbocycles. The molecule has 0 fully saturated rings. The molecule has 0 atom stereocenters. The maximum absolute atomic E-state index is 8.74. The molecule has 1 aromatic rings. The maximum Gasteiger partial charge on any atom is 0.322 e. The molecule has 0 spiro atoms. The van der Waals surface area contributed by atoms with Gasteiger partial charge in [-0.25, -0.2) is 0 Å². The molecule has 0 aliphatic carbocycles. The lowest BCUT2D eigenvalue weighted by Gasteiger charge is -2.23. The van der Waals surface area contributed by atoms with Crippen LogP contribution < -0.4 is 9.64 Å². The summed E-state index contributed by atoms with van der Waals surface area (Å²) in [6.45, 7) is 8.02. The van der Waals surface area contributed by atoms with E-state index in [0.717, 1.165) is 13.0 Å².